The topological polar surface area (TPSA) is 106 Å². The number of morpholine rings is 1. The second-order valence-corrected chi connectivity index (χ2v) is 10.6. The number of benzene rings is 2. The lowest BCUT2D eigenvalue weighted by Crippen LogP contribution is -2.40. The van der Waals surface area contributed by atoms with Crippen LogP contribution in [0.3, 0.4) is 0 Å². The Bertz CT molecular complexity index is 1320. The summed E-state index contributed by atoms with van der Waals surface area (Å²) in [5.41, 5.74) is 4.44. The highest BCUT2D eigenvalue weighted by Gasteiger charge is 2.28. The van der Waals surface area contributed by atoms with Crippen LogP contribution in [0.4, 0.5) is 11.4 Å². The molecule has 4 rings (SSSR count). The summed E-state index contributed by atoms with van der Waals surface area (Å²) in [5.74, 6) is -0.283. The zero-order valence-electron chi connectivity index (χ0n) is 20.4. The Morgan fingerprint density at radius 3 is 2.43 bits per heavy atom. The van der Waals surface area contributed by atoms with E-state index in [4.69, 9.17) is 4.74 Å². The van der Waals surface area contributed by atoms with Crippen molar-refractivity contribution < 1.29 is 17.9 Å². The Hall–Kier alpha value is -3.21. The molecule has 1 unspecified atom stereocenters. The maximum Gasteiger partial charge on any atom is 0.246 e. The van der Waals surface area contributed by atoms with Gasteiger partial charge in [0.15, 0.2) is 0 Å². The quantitative estimate of drug-likeness (QED) is 0.519. The number of rotatable bonds is 7. The van der Waals surface area contributed by atoms with Crippen molar-refractivity contribution in [3.8, 4) is 5.69 Å². The molecule has 186 valence electrons. The third kappa shape index (κ3) is 5.24. The first kappa shape index (κ1) is 24.9. The average molecular weight is 498 g/mol. The molecule has 10 heteroatoms. The van der Waals surface area contributed by atoms with Gasteiger partial charge < -0.3 is 15.4 Å². The highest BCUT2D eigenvalue weighted by atomic mass is 32.2. The highest BCUT2D eigenvalue weighted by molar-refractivity contribution is 7.89. The van der Waals surface area contributed by atoms with E-state index in [1.165, 1.54) is 10.4 Å². The van der Waals surface area contributed by atoms with Gasteiger partial charge in [-0.3, -0.25) is 4.79 Å². The molecule has 3 aromatic rings. The van der Waals surface area contributed by atoms with Crippen LogP contribution in [0.1, 0.15) is 23.9 Å². The number of nitrogens with one attached hydrogen (secondary N) is 2. The third-order valence-electron chi connectivity index (χ3n) is 6.09. The smallest absolute Gasteiger partial charge is 0.246 e. The number of aryl methyl sites for hydroxylation is 2. The van der Waals surface area contributed by atoms with Crippen molar-refractivity contribution in [2.75, 3.05) is 36.9 Å². The molecule has 1 aliphatic heterocycles. The van der Waals surface area contributed by atoms with Crippen LogP contribution in [0.25, 0.3) is 5.69 Å². The van der Waals surface area contributed by atoms with Crippen molar-refractivity contribution in [2.24, 2.45) is 0 Å². The minimum atomic E-state index is -3.68. The van der Waals surface area contributed by atoms with Gasteiger partial charge in [-0.2, -0.15) is 9.40 Å². The van der Waals surface area contributed by atoms with Gasteiger partial charge in [0.2, 0.25) is 15.9 Å². The Morgan fingerprint density at radius 2 is 1.74 bits per heavy atom. The maximum absolute atomic E-state index is 13.2. The SMILES string of the molecule is Cc1ccc(NC(=O)C(C)Nc2c(C)nn(-c3ccccc3)c2C)cc1S(=O)(=O)N1CCOCC1. The summed E-state index contributed by atoms with van der Waals surface area (Å²) in [6, 6.07) is 14.1. The molecule has 0 radical (unpaired) electrons. The van der Waals surface area contributed by atoms with Crippen LogP contribution in [0.2, 0.25) is 0 Å². The fourth-order valence-corrected chi connectivity index (χ4v) is 5.75. The number of anilines is 2. The lowest BCUT2D eigenvalue weighted by molar-refractivity contribution is -0.116. The van der Waals surface area contributed by atoms with E-state index in [-0.39, 0.29) is 10.8 Å². The summed E-state index contributed by atoms with van der Waals surface area (Å²) < 4.78 is 34.8. The molecule has 1 saturated heterocycles. The summed E-state index contributed by atoms with van der Waals surface area (Å²) in [7, 11) is -3.68. The van der Waals surface area contributed by atoms with Crippen LogP contribution >= 0.6 is 0 Å². The highest BCUT2D eigenvalue weighted by Crippen LogP contribution is 2.26. The molecule has 2 heterocycles. The number of sulfonamides is 1. The first-order valence-corrected chi connectivity index (χ1v) is 13.0. The van der Waals surface area contributed by atoms with Crippen molar-refractivity contribution in [3.63, 3.8) is 0 Å². The molecular weight excluding hydrogens is 466 g/mol. The molecule has 9 nitrogen and oxygen atoms in total. The molecule has 1 aromatic heterocycles. The Kier molecular flexibility index (Phi) is 7.25. The standard InChI is InChI=1S/C25H31N5O4S/c1-17-10-11-21(16-23(17)35(32,33)29-12-14-34-15-13-29)27-25(31)19(3)26-24-18(2)28-30(20(24)4)22-8-6-5-7-9-22/h5-11,16,19,26H,12-15H2,1-4H3,(H,27,31). The monoisotopic (exact) mass is 497 g/mol. The summed E-state index contributed by atoms with van der Waals surface area (Å²) in [6.45, 7) is 8.72. The molecule has 1 atom stereocenters. The van der Waals surface area contributed by atoms with Gasteiger partial charge in [0, 0.05) is 18.8 Å². The van der Waals surface area contributed by atoms with Gasteiger partial charge in [0.25, 0.3) is 0 Å². The minimum absolute atomic E-state index is 0.189. The van der Waals surface area contributed by atoms with Gasteiger partial charge in [-0.1, -0.05) is 24.3 Å². The molecule has 0 saturated carbocycles. The normalized spacial score (nSPS) is 15.5. The molecule has 0 bridgehead atoms. The lowest BCUT2D eigenvalue weighted by atomic mass is 10.2. The van der Waals surface area contributed by atoms with Crippen LogP contribution in [-0.4, -0.2) is 60.8 Å². The lowest BCUT2D eigenvalue weighted by Gasteiger charge is -2.27. The first-order valence-electron chi connectivity index (χ1n) is 11.6. The van der Waals surface area contributed by atoms with E-state index < -0.39 is 16.1 Å². The Balaban J connectivity index is 1.50. The van der Waals surface area contributed by atoms with E-state index in [0.29, 0.717) is 37.6 Å². The van der Waals surface area contributed by atoms with Crippen LogP contribution in [0.15, 0.2) is 53.4 Å². The van der Waals surface area contributed by atoms with E-state index in [0.717, 1.165) is 22.8 Å². The van der Waals surface area contributed by atoms with Crippen LogP contribution < -0.4 is 10.6 Å². The van der Waals surface area contributed by atoms with Gasteiger partial charge in [0.05, 0.1) is 40.9 Å². The number of nitrogens with zero attached hydrogens (tertiary/aromatic N) is 3. The van der Waals surface area contributed by atoms with Gasteiger partial charge >= 0.3 is 0 Å². The number of amides is 1. The third-order valence-corrected chi connectivity index (χ3v) is 8.13. The van der Waals surface area contributed by atoms with Crippen molar-refractivity contribution in [1.29, 1.82) is 0 Å². The molecule has 1 amide bonds. The van der Waals surface area contributed by atoms with Gasteiger partial charge in [-0.05, 0) is 57.5 Å². The molecular formula is C25H31N5O4S. The van der Waals surface area contributed by atoms with Crippen LogP contribution in [-0.2, 0) is 19.6 Å². The molecule has 1 fully saturated rings. The van der Waals surface area contributed by atoms with Gasteiger partial charge in [-0.25, -0.2) is 13.1 Å². The van der Waals surface area contributed by atoms with E-state index in [1.807, 2.05) is 48.9 Å². The van der Waals surface area contributed by atoms with E-state index in [9.17, 15) is 13.2 Å². The summed E-state index contributed by atoms with van der Waals surface area (Å²) >= 11 is 0. The zero-order valence-corrected chi connectivity index (χ0v) is 21.2. The fraction of sp³-hybridized carbons (Fsp3) is 0.360. The largest absolute Gasteiger partial charge is 0.379 e. The summed E-state index contributed by atoms with van der Waals surface area (Å²) in [5, 5.41) is 10.7. The maximum atomic E-state index is 13.2. The number of para-hydroxylation sites is 1. The van der Waals surface area contributed by atoms with Crippen molar-refractivity contribution >= 4 is 27.3 Å². The van der Waals surface area contributed by atoms with Crippen molar-refractivity contribution in [1.82, 2.24) is 14.1 Å². The van der Waals surface area contributed by atoms with Crippen molar-refractivity contribution in [2.45, 2.75) is 38.6 Å². The number of aromatic nitrogens is 2. The van der Waals surface area contributed by atoms with Crippen molar-refractivity contribution in [3.05, 3.63) is 65.5 Å². The molecule has 2 N–H and O–H groups in total. The van der Waals surface area contributed by atoms with E-state index >= 15 is 0 Å². The molecule has 0 spiro atoms. The second-order valence-electron chi connectivity index (χ2n) is 8.65. The molecule has 2 aromatic carbocycles. The minimum Gasteiger partial charge on any atom is -0.379 e. The zero-order chi connectivity index (χ0) is 25.2. The predicted molar refractivity (Wildman–Crippen MR) is 136 cm³/mol. The van der Waals surface area contributed by atoms with Crippen LogP contribution in [0.5, 0.6) is 0 Å². The summed E-state index contributed by atoms with van der Waals surface area (Å²) in [6.07, 6.45) is 0. The Labute approximate surface area is 206 Å². The predicted octanol–water partition coefficient (Wildman–Crippen LogP) is 3.26. The second kappa shape index (κ2) is 10.2. The number of hydrogen-bond acceptors (Lipinski definition) is 6. The summed E-state index contributed by atoms with van der Waals surface area (Å²) in [4.78, 5) is 13.2. The number of ether oxygens (including phenoxy) is 1. The van der Waals surface area contributed by atoms with Gasteiger partial charge in [0.1, 0.15) is 6.04 Å². The fourth-order valence-electron chi connectivity index (χ4n) is 4.09. The number of carbonyl (C=O) groups is 1. The Morgan fingerprint density at radius 1 is 1.06 bits per heavy atom. The average Bonchev–Trinajstić information content (AvgIpc) is 3.14. The van der Waals surface area contributed by atoms with E-state index in [2.05, 4.69) is 15.7 Å². The molecule has 0 aliphatic carbocycles. The van der Waals surface area contributed by atoms with E-state index in [1.54, 1.807) is 26.0 Å². The molecule has 35 heavy (non-hydrogen) atoms. The molecule has 1 aliphatic rings. The van der Waals surface area contributed by atoms with Gasteiger partial charge in [-0.15, -0.1) is 0 Å². The first-order chi connectivity index (χ1) is 16.7. The number of hydrogen-bond donors (Lipinski definition) is 2. The number of carbonyl (C=O) groups excluding carboxylic acids is 1. The van der Waals surface area contributed by atoms with Crippen LogP contribution in [0, 0.1) is 20.8 Å².